The molecule has 1 aliphatic carbocycles. The fraction of sp³-hybridized carbons (Fsp3) is 1.00. The lowest BCUT2D eigenvalue weighted by Crippen LogP contribution is -2.30. The van der Waals surface area contributed by atoms with E-state index >= 15 is 0 Å². The maximum atomic E-state index is 10.2. The van der Waals surface area contributed by atoms with Gasteiger partial charge in [-0.15, -0.1) is 0 Å². The van der Waals surface area contributed by atoms with Crippen LogP contribution < -0.4 is 0 Å². The second kappa shape index (κ2) is 6.41. The number of rotatable bonds is 6. The predicted molar refractivity (Wildman–Crippen MR) is 58.2 cm³/mol. The van der Waals surface area contributed by atoms with E-state index in [-0.39, 0.29) is 5.60 Å². The maximum Gasteiger partial charge on any atom is 0.0647 e. The number of hydrogen-bond donors (Lipinski definition) is 2. The molecule has 0 spiro atoms. The number of unbranched alkanes of at least 4 members (excludes halogenated alkanes) is 3. The molecule has 0 aliphatic heterocycles. The summed E-state index contributed by atoms with van der Waals surface area (Å²) < 4.78 is 0. The first-order valence-electron chi connectivity index (χ1n) is 6.10. The van der Waals surface area contributed by atoms with Gasteiger partial charge in [-0.25, -0.2) is 0 Å². The summed E-state index contributed by atoms with van der Waals surface area (Å²) in [4.78, 5) is 0. The summed E-state index contributed by atoms with van der Waals surface area (Å²) in [5.41, 5.74) is -0.336. The summed E-state index contributed by atoms with van der Waals surface area (Å²) in [5.74, 6) is 0. The summed E-state index contributed by atoms with van der Waals surface area (Å²) in [6.07, 6.45) is 11.0. The molecule has 0 amide bonds. The van der Waals surface area contributed by atoms with E-state index in [1.807, 2.05) is 0 Å². The highest BCUT2D eigenvalue weighted by Gasteiger charge is 2.27. The summed E-state index contributed by atoms with van der Waals surface area (Å²) in [6, 6.07) is 0. The van der Waals surface area contributed by atoms with E-state index < -0.39 is 0 Å². The molecular formula is C12H24O2. The monoisotopic (exact) mass is 200 g/mol. The highest BCUT2D eigenvalue weighted by atomic mass is 16.3. The molecule has 1 rings (SSSR count). The predicted octanol–water partition coefficient (Wildman–Crippen LogP) is 2.62. The van der Waals surface area contributed by atoms with E-state index in [0.717, 1.165) is 44.9 Å². The molecule has 0 radical (unpaired) electrons. The standard InChI is InChI=1S/C12H24O2/c13-11-7-2-1-4-8-12(14)9-5-3-6-10-12/h13-14H,1-11H2. The van der Waals surface area contributed by atoms with Crippen LogP contribution in [0.4, 0.5) is 0 Å². The first-order valence-corrected chi connectivity index (χ1v) is 6.10. The third-order valence-corrected chi connectivity index (χ3v) is 3.33. The van der Waals surface area contributed by atoms with Crippen LogP contribution in [0.2, 0.25) is 0 Å². The summed E-state index contributed by atoms with van der Waals surface area (Å²) >= 11 is 0. The average Bonchev–Trinajstić information content (AvgIpc) is 2.18. The van der Waals surface area contributed by atoms with Crippen LogP contribution >= 0.6 is 0 Å². The smallest absolute Gasteiger partial charge is 0.0647 e. The minimum atomic E-state index is -0.336. The normalized spacial score (nSPS) is 21.0. The maximum absolute atomic E-state index is 10.2. The Kier molecular flexibility index (Phi) is 5.49. The summed E-state index contributed by atoms with van der Waals surface area (Å²) in [6.45, 7) is 0.310. The second-order valence-electron chi connectivity index (χ2n) is 4.67. The molecule has 0 bridgehead atoms. The van der Waals surface area contributed by atoms with E-state index in [2.05, 4.69) is 0 Å². The Morgan fingerprint density at radius 3 is 2.14 bits per heavy atom. The van der Waals surface area contributed by atoms with Gasteiger partial charge in [0.05, 0.1) is 5.60 Å². The van der Waals surface area contributed by atoms with Gasteiger partial charge in [0, 0.05) is 6.61 Å². The van der Waals surface area contributed by atoms with Crippen LogP contribution in [0.15, 0.2) is 0 Å². The summed E-state index contributed by atoms with van der Waals surface area (Å²) in [5, 5.41) is 18.8. The highest BCUT2D eigenvalue weighted by molar-refractivity contribution is 4.81. The van der Waals surface area contributed by atoms with Crippen molar-refractivity contribution in [1.29, 1.82) is 0 Å². The molecule has 0 heterocycles. The van der Waals surface area contributed by atoms with Crippen molar-refractivity contribution in [2.24, 2.45) is 0 Å². The SMILES string of the molecule is OCCCCCCC1(O)CCCCC1. The molecule has 2 N–H and O–H groups in total. The number of hydrogen-bond acceptors (Lipinski definition) is 2. The second-order valence-corrected chi connectivity index (χ2v) is 4.67. The number of aliphatic hydroxyl groups excluding tert-OH is 1. The molecule has 2 heteroatoms. The molecular weight excluding hydrogens is 176 g/mol. The van der Waals surface area contributed by atoms with E-state index in [1.54, 1.807) is 0 Å². The molecule has 0 atom stereocenters. The quantitative estimate of drug-likeness (QED) is 0.647. The van der Waals surface area contributed by atoms with Crippen molar-refractivity contribution in [2.45, 2.75) is 69.8 Å². The Balaban J connectivity index is 2.03. The van der Waals surface area contributed by atoms with Crippen molar-refractivity contribution < 1.29 is 10.2 Å². The summed E-state index contributed by atoms with van der Waals surface area (Å²) in [7, 11) is 0. The first-order chi connectivity index (χ1) is 6.77. The molecule has 1 aliphatic rings. The van der Waals surface area contributed by atoms with Gasteiger partial charge in [-0.2, -0.15) is 0 Å². The molecule has 84 valence electrons. The molecule has 2 nitrogen and oxygen atoms in total. The van der Waals surface area contributed by atoms with Gasteiger partial charge >= 0.3 is 0 Å². The van der Waals surface area contributed by atoms with Crippen LogP contribution in [0.3, 0.4) is 0 Å². The van der Waals surface area contributed by atoms with Crippen LogP contribution in [-0.4, -0.2) is 22.4 Å². The Bertz CT molecular complexity index is 139. The minimum absolute atomic E-state index is 0.310. The first kappa shape index (κ1) is 12.0. The van der Waals surface area contributed by atoms with Gasteiger partial charge in [0.25, 0.3) is 0 Å². The van der Waals surface area contributed by atoms with Gasteiger partial charge in [0.2, 0.25) is 0 Å². The highest BCUT2D eigenvalue weighted by Crippen LogP contribution is 2.32. The Hall–Kier alpha value is -0.0800. The Morgan fingerprint density at radius 2 is 1.50 bits per heavy atom. The van der Waals surface area contributed by atoms with Gasteiger partial charge in [-0.05, 0) is 25.7 Å². The van der Waals surface area contributed by atoms with Gasteiger partial charge < -0.3 is 10.2 Å². The van der Waals surface area contributed by atoms with Crippen molar-refractivity contribution in [3.8, 4) is 0 Å². The Morgan fingerprint density at radius 1 is 0.857 bits per heavy atom. The zero-order valence-corrected chi connectivity index (χ0v) is 9.17. The van der Waals surface area contributed by atoms with Gasteiger partial charge in [-0.3, -0.25) is 0 Å². The topological polar surface area (TPSA) is 40.5 Å². The van der Waals surface area contributed by atoms with Crippen molar-refractivity contribution >= 4 is 0 Å². The van der Waals surface area contributed by atoms with Crippen molar-refractivity contribution in [3.63, 3.8) is 0 Å². The molecule has 0 unspecified atom stereocenters. The van der Waals surface area contributed by atoms with Crippen molar-refractivity contribution in [2.75, 3.05) is 6.61 Å². The molecule has 0 aromatic heterocycles. The third kappa shape index (κ3) is 4.43. The molecule has 0 saturated heterocycles. The third-order valence-electron chi connectivity index (χ3n) is 3.33. The molecule has 14 heavy (non-hydrogen) atoms. The fourth-order valence-electron chi connectivity index (χ4n) is 2.38. The van der Waals surface area contributed by atoms with E-state index in [0.29, 0.717) is 6.61 Å². The number of aliphatic hydroxyl groups is 2. The zero-order valence-electron chi connectivity index (χ0n) is 9.17. The molecule has 1 saturated carbocycles. The van der Waals surface area contributed by atoms with Gasteiger partial charge in [0.1, 0.15) is 0 Å². The zero-order chi connectivity index (χ0) is 10.3. The molecule has 0 aromatic rings. The van der Waals surface area contributed by atoms with Crippen LogP contribution in [0.5, 0.6) is 0 Å². The molecule has 1 fully saturated rings. The minimum Gasteiger partial charge on any atom is -0.396 e. The van der Waals surface area contributed by atoms with Gasteiger partial charge in [0.15, 0.2) is 0 Å². The van der Waals surface area contributed by atoms with Crippen molar-refractivity contribution in [3.05, 3.63) is 0 Å². The lowest BCUT2D eigenvalue weighted by Gasteiger charge is -2.32. The average molecular weight is 200 g/mol. The van der Waals surface area contributed by atoms with Crippen LogP contribution in [0, 0.1) is 0 Å². The Labute approximate surface area is 87.3 Å². The van der Waals surface area contributed by atoms with Crippen LogP contribution in [0.1, 0.15) is 64.2 Å². The van der Waals surface area contributed by atoms with Gasteiger partial charge in [-0.1, -0.05) is 38.5 Å². The van der Waals surface area contributed by atoms with E-state index in [9.17, 15) is 5.11 Å². The lowest BCUT2D eigenvalue weighted by molar-refractivity contribution is -0.00590. The lowest BCUT2D eigenvalue weighted by atomic mass is 9.81. The fourth-order valence-corrected chi connectivity index (χ4v) is 2.38. The van der Waals surface area contributed by atoms with E-state index in [1.165, 1.54) is 19.3 Å². The van der Waals surface area contributed by atoms with Crippen molar-refractivity contribution in [1.82, 2.24) is 0 Å². The largest absolute Gasteiger partial charge is 0.396 e. The van der Waals surface area contributed by atoms with Crippen LogP contribution in [-0.2, 0) is 0 Å². The van der Waals surface area contributed by atoms with E-state index in [4.69, 9.17) is 5.11 Å². The molecule has 0 aromatic carbocycles. The van der Waals surface area contributed by atoms with Crippen LogP contribution in [0.25, 0.3) is 0 Å².